The zero-order valence-electron chi connectivity index (χ0n) is 24.4. The molecule has 1 saturated carbocycles. The molecule has 0 saturated heterocycles. The van der Waals surface area contributed by atoms with E-state index in [0.29, 0.717) is 10.8 Å². The van der Waals surface area contributed by atoms with Gasteiger partial charge in [0.05, 0.1) is 0 Å². The lowest BCUT2D eigenvalue weighted by atomic mass is 10.0. The highest BCUT2D eigenvalue weighted by molar-refractivity contribution is 4.85. The lowest BCUT2D eigenvalue weighted by Crippen LogP contribution is -1.93. The van der Waals surface area contributed by atoms with Crippen molar-refractivity contribution in [3.8, 4) is 0 Å². The number of hydrogen-bond acceptors (Lipinski definition) is 0. The molecule has 0 aromatic heterocycles. The van der Waals surface area contributed by atoms with Gasteiger partial charge in [0.2, 0.25) is 0 Å². The minimum Gasteiger partial charge on any atom is -0.0885 e. The summed E-state index contributed by atoms with van der Waals surface area (Å²) in [6.45, 7) is 30.5. The quantitative estimate of drug-likeness (QED) is 0.338. The summed E-state index contributed by atoms with van der Waals surface area (Å²) in [4.78, 5) is 0. The van der Waals surface area contributed by atoms with Crippen molar-refractivity contribution in [1.29, 1.82) is 0 Å². The Bertz CT molecular complexity index is 247. The van der Waals surface area contributed by atoms with Crippen LogP contribution in [0.3, 0.4) is 0 Å². The molecule has 1 fully saturated rings. The summed E-state index contributed by atoms with van der Waals surface area (Å²) in [5.74, 6) is 1.67. The molecular formula is C30H66. The molecule has 2 rings (SSSR count). The van der Waals surface area contributed by atoms with Gasteiger partial charge in [-0.05, 0) is 48.3 Å². The fourth-order valence-electron chi connectivity index (χ4n) is 1.82. The summed E-state index contributed by atoms with van der Waals surface area (Å²) in [7, 11) is 0. The molecule has 2 aliphatic carbocycles. The van der Waals surface area contributed by atoms with Crippen LogP contribution >= 0.6 is 0 Å². The summed E-state index contributed by atoms with van der Waals surface area (Å²) >= 11 is 0. The van der Waals surface area contributed by atoms with Gasteiger partial charge in [-0.2, -0.15) is 0 Å². The van der Waals surface area contributed by atoms with Crippen molar-refractivity contribution in [2.45, 2.75) is 161 Å². The second kappa shape index (κ2) is 25.0. The molecule has 0 aliphatic heterocycles. The highest BCUT2D eigenvalue weighted by Crippen LogP contribution is 2.15. The maximum atomic E-state index is 2.27. The summed E-state index contributed by atoms with van der Waals surface area (Å²) in [5, 5.41) is 0. The van der Waals surface area contributed by atoms with Gasteiger partial charge in [-0.1, -0.05) is 148 Å². The molecule has 0 bridgehead atoms. The van der Waals surface area contributed by atoms with Crippen molar-refractivity contribution in [2.75, 3.05) is 0 Å². The molecule has 0 aromatic carbocycles. The van der Waals surface area contributed by atoms with Crippen LogP contribution in [0.1, 0.15) is 161 Å². The Morgan fingerprint density at radius 3 is 0.600 bits per heavy atom. The molecule has 0 atom stereocenters. The molecule has 0 aromatic rings. The average molecular weight is 427 g/mol. The topological polar surface area (TPSA) is 0 Å². The van der Waals surface area contributed by atoms with E-state index in [2.05, 4.69) is 109 Å². The summed E-state index contributed by atoms with van der Waals surface area (Å²) < 4.78 is 0. The van der Waals surface area contributed by atoms with Crippen LogP contribution in [0.25, 0.3) is 0 Å². The minimum atomic E-state index is 0.500. The van der Waals surface area contributed by atoms with Crippen LogP contribution in [0, 0.1) is 22.7 Å². The molecule has 0 amide bonds. The van der Waals surface area contributed by atoms with Crippen LogP contribution in [-0.4, -0.2) is 0 Å². The van der Waals surface area contributed by atoms with Crippen LogP contribution in [-0.2, 0) is 0 Å². The highest BCUT2D eigenvalue weighted by atomic mass is 14.0. The molecule has 0 nitrogen and oxygen atoms in total. The van der Waals surface area contributed by atoms with Crippen molar-refractivity contribution < 1.29 is 0 Å². The van der Waals surface area contributed by atoms with E-state index >= 15 is 0 Å². The summed E-state index contributed by atoms with van der Waals surface area (Å²) in [6.07, 6.45) is 19.0. The van der Waals surface area contributed by atoms with Gasteiger partial charge in [0, 0.05) is 0 Å². The van der Waals surface area contributed by atoms with E-state index in [9.17, 15) is 0 Å². The van der Waals surface area contributed by atoms with Gasteiger partial charge in [0.15, 0.2) is 0 Å². The predicted octanol–water partition coefficient (Wildman–Crippen LogP) is 11.9. The first-order chi connectivity index (χ1) is 13.5. The number of allylic oxidation sites excluding steroid dienone is 2. The van der Waals surface area contributed by atoms with E-state index in [1.807, 2.05) is 0 Å². The van der Waals surface area contributed by atoms with E-state index in [1.54, 1.807) is 0 Å². The maximum Gasteiger partial charge on any atom is -0.0351 e. The molecule has 2 aliphatic rings. The fourth-order valence-corrected chi connectivity index (χ4v) is 1.82. The monoisotopic (exact) mass is 427 g/mol. The number of rotatable bonds is 0. The Kier molecular flexibility index (Phi) is 30.9. The van der Waals surface area contributed by atoms with E-state index in [1.165, 1.54) is 64.2 Å². The smallest absolute Gasteiger partial charge is 0.0351 e. The molecule has 0 unspecified atom stereocenters. The van der Waals surface area contributed by atoms with E-state index in [0.717, 1.165) is 11.8 Å². The lowest BCUT2D eigenvalue weighted by Gasteiger charge is -2.05. The second-order valence-electron chi connectivity index (χ2n) is 13.3. The van der Waals surface area contributed by atoms with Gasteiger partial charge in [-0.15, -0.1) is 0 Å². The van der Waals surface area contributed by atoms with Crippen LogP contribution < -0.4 is 0 Å². The zero-order valence-corrected chi connectivity index (χ0v) is 24.4. The Balaban J connectivity index is -0.000000137. The number of hydrogen-bond donors (Lipinski definition) is 0. The van der Waals surface area contributed by atoms with Crippen LogP contribution in [0.15, 0.2) is 12.2 Å². The summed E-state index contributed by atoms with van der Waals surface area (Å²) in [5.41, 5.74) is 1.00. The highest BCUT2D eigenvalue weighted by Gasteiger charge is 1.96. The predicted molar refractivity (Wildman–Crippen MR) is 147 cm³/mol. The molecule has 0 N–H and O–H groups in total. The maximum absolute atomic E-state index is 2.27. The van der Waals surface area contributed by atoms with E-state index in [4.69, 9.17) is 0 Å². The fraction of sp³-hybridized carbons (Fsp3) is 0.933. The Morgan fingerprint density at radius 1 is 0.400 bits per heavy atom. The van der Waals surface area contributed by atoms with Crippen molar-refractivity contribution >= 4 is 0 Å². The second-order valence-corrected chi connectivity index (χ2v) is 13.3. The van der Waals surface area contributed by atoms with Crippen LogP contribution in [0.2, 0.25) is 0 Å². The van der Waals surface area contributed by atoms with Crippen molar-refractivity contribution in [1.82, 2.24) is 0 Å². The molecule has 0 radical (unpaired) electrons. The molecule has 186 valence electrons. The first kappa shape index (κ1) is 37.1. The standard InChI is InChI=1S/C6H12.C6H10.2C5H12.2C4H10/c2*1-2-4-6-5-3-1;2*1-5(2,3)4;2*1-4(2)3/h1-6H2;1-2H,3-6H2;2*1-4H3;2*4H,1-3H3. The SMILES string of the molecule is C1=CCCCC1.C1CCCCC1.CC(C)(C)C.CC(C)(C)C.CC(C)C.CC(C)C. The molecular weight excluding hydrogens is 360 g/mol. The third kappa shape index (κ3) is 144. The van der Waals surface area contributed by atoms with Gasteiger partial charge in [-0.3, -0.25) is 0 Å². The first-order valence-corrected chi connectivity index (χ1v) is 13.1. The van der Waals surface area contributed by atoms with Crippen molar-refractivity contribution in [3.05, 3.63) is 12.2 Å². The lowest BCUT2D eigenvalue weighted by molar-refractivity contribution is 0.469. The minimum absolute atomic E-state index is 0.500. The molecule has 0 spiro atoms. The van der Waals surface area contributed by atoms with Gasteiger partial charge < -0.3 is 0 Å². The molecule has 0 heteroatoms. The van der Waals surface area contributed by atoms with Crippen molar-refractivity contribution in [3.63, 3.8) is 0 Å². The Hall–Kier alpha value is -0.260. The average Bonchev–Trinajstić information content (AvgIpc) is 2.54. The normalized spacial score (nSPS) is 15.5. The van der Waals surface area contributed by atoms with Gasteiger partial charge in [0.25, 0.3) is 0 Å². The zero-order chi connectivity index (χ0) is 24.6. The van der Waals surface area contributed by atoms with E-state index < -0.39 is 0 Å². The first-order valence-electron chi connectivity index (χ1n) is 13.1. The van der Waals surface area contributed by atoms with Gasteiger partial charge >= 0.3 is 0 Å². The van der Waals surface area contributed by atoms with Crippen LogP contribution in [0.5, 0.6) is 0 Å². The van der Waals surface area contributed by atoms with Crippen LogP contribution in [0.4, 0.5) is 0 Å². The van der Waals surface area contributed by atoms with Gasteiger partial charge in [-0.25, -0.2) is 0 Å². The Morgan fingerprint density at radius 2 is 0.533 bits per heavy atom. The largest absolute Gasteiger partial charge is 0.0885 e. The summed E-state index contributed by atoms with van der Waals surface area (Å²) in [6, 6.07) is 0. The molecule has 0 heterocycles. The third-order valence-corrected chi connectivity index (χ3v) is 2.66. The Labute approximate surface area is 196 Å². The third-order valence-electron chi connectivity index (χ3n) is 2.66. The van der Waals surface area contributed by atoms with Gasteiger partial charge in [0.1, 0.15) is 0 Å². The van der Waals surface area contributed by atoms with E-state index in [-0.39, 0.29) is 0 Å². The van der Waals surface area contributed by atoms with Crippen molar-refractivity contribution in [2.24, 2.45) is 22.7 Å². The molecule has 30 heavy (non-hydrogen) atoms.